The van der Waals surface area contributed by atoms with Crippen molar-refractivity contribution in [2.24, 2.45) is 5.73 Å². The van der Waals surface area contributed by atoms with E-state index in [1.807, 2.05) is 0 Å². The quantitative estimate of drug-likeness (QED) is 0.395. The van der Waals surface area contributed by atoms with Gasteiger partial charge in [-0.15, -0.1) is 0 Å². The van der Waals surface area contributed by atoms with E-state index in [-0.39, 0.29) is 7.43 Å². The Morgan fingerprint density at radius 3 is 1.33 bits per heavy atom. The first-order valence-corrected chi connectivity index (χ1v) is 5.86. The molecule has 0 atom stereocenters. The Balaban J connectivity index is 0. The Morgan fingerprint density at radius 2 is 1.33 bits per heavy atom. The van der Waals surface area contributed by atoms with E-state index in [0.29, 0.717) is 0 Å². The Bertz CT molecular complexity index is 195. The molecule has 0 saturated heterocycles. The van der Waals surface area contributed by atoms with Crippen LogP contribution in [0.1, 0.15) is 7.43 Å². The van der Waals surface area contributed by atoms with E-state index >= 15 is 0 Å². The molecule has 0 unspecified atom stereocenters. The molecule has 0 fully saturated rings. The minimum atomic E-state index is -4.79. The number of rotatable bonds is 3. The van der Waals surface area contributed by atoms with Crippen LogP contribution >= 0.6 is 15.2 Å². The molecule has 76 valence electrons. The summed E-state index contributed by atoms with van der Waals surface area (Å²) in [6.07, 6.45) is 0. The van der Waals surface area contributed by atoms with Gasteiger partial charge in [0.25, 0.3) is 0 Å². The van der Waals surface area contributed by atoms with Gasteiger partial charge in [0.2, 0.25) is 0 Å². The van der Waals surface area contributed by atoms with Crippen molar-refractivity contribution in [2.45, 2.75) is 12.8 Å². The van der Waals surface area contributed by atoms with Crippen LogP contribution in [0.2, 0.25) is 0 Å². The van der Waals surface area contributed by atoms with E-state index in [1.54, 1.807) is 0 Å². The van der Waals surface area contributed by atoms with Gasteiger partial charge in [0.05, 0.1) is 0 Å². The molecule has 0 aliphatic heterocycles. The molecule has 9 heteroatoms. The lowest BCUT2D eigenvalue weighted by atomic mass is 10.8. The third kappa shape index (κ3) is 4.33. The lowest BCUT2D eigenvalue weighted by Gasteiger charge is -2.16. The van der Waals surface area contributed by atoms with Crippen molar-refractivity contribution >= 4 is 15.2 Å². The first kappa shape index (κ1) is 14.8. The SMILES string of the molecule is C.NCC(P(=O)(O)O)P(=O)(O)O. The Morgan fingerprint density at radius 1 is 1.08 bits per heavy atom. The van der Waals surface area contributed by atoms with Crippen molar-refractivity contribution in [3.8, 4) is 0 Å². The first-order valence-electron chi connectivity index (χ1n) is 2.50. The lowest BCUT2D eigenvalue weighted by molar-refractivity contribution is 0.339. The predicted octanol–water partition coefficient (Wildman–Crippen LogP) is -0.737. The fourth-order valence-corrected chi connectivity index (χ4v) is 2.59. The molecule has 0 rings (SSSR count). The first-order chi connectivity index (χ1) is 4.69. The summed E-state index contributed by atoms with van der Waals surface area (Å²) in [5.41, 5.74) is 4.76. The normalized spacial score (nSPS) is 12.8. The summed E-state index contributed by atoms with van der Waals surface area (Å²) in [5.74, 6) is 0. The Labute approximate surface area is 69.9 Å². The van der Waals surface area contributed by atoms with Gasteiger partial charge >= 0.3 is 15.2 Å². The summed E-state index contributed by atoms with van der Waals surface area (Å²) in [6, 6.07) is 0. The van der Waals surface area contributed by atoms with Gasteiger partial charge < -0.3 is 25.3 Å². The molecule has 0 aromatic carbocycles. The van der Waals surface area contributed by atoms with Crippen molar-refractivity contribution in [1.82, 2.24) is 0 Å². The van der Waals surface area contributed by atoms with Gasteiger partial charge in [-0.3, -0.25) is 9.13 Å². The number of hydrogen-bond donors (Lipinski definition) is 5. The molecule has 0 aromatic rings. The molecule has 0 amide bonds. The predicted molar refractivity (Wildman–Crippen MR) is 43.7 cm³/mol. The van der Waals surface area contributed by atoms with Crippen LogP contribution in [-0.2, 0) is 9.13 Å². The van der Waals surface area contributed by atoms with Crippen LogP contribution < -0.4 is 5.73 Å². The maximum absolute atomic E-state index is 10.3. The second-order valence-corrected chi connectivity index (χ2v) is 5.90. The highest BCUT2D eigenvalue weighted by Gasteiger charge is 2.41. The van der Waals surface area contributed by atoms with Crippen molar-refractivity contribution in [3.63, 3.8) is 0 Å². The molecule has 7 nitrogen and oxygen atoms in total. The van der Waals surface area contributed by atoms with Crippen molar-refractivity contribution in [3.05, 3.63) is 0 Å². The molecular weight excluding hydrogens is 208 g/mol. The van der Waals surface area contributed by atoms with Crippen molar-refractivity contribution in [1.29, 1.82) is 0 Å². The summed E-state index contributed by atoms with van der Waals surface area (Å²) in [4.78, 5) is 33.4. The zero-order chi connectivity index (χ0) is 9.28. The molecule has 0 aromatic heterocycles. The molecule has 12 heavy (non-hydrogen) atoms. The highest BCUT2D eigenvalue weighted by atomic mass is 31.2. The van der Waals surface area contributed by atoms with Gasteiger partial charge in [0, 0.05) is 6.54 Å². The van der Waals surface area contributed by atoms with E-state index in [4.69, 9.17) is 25.3 Å². The topological polar surface area (TPSA) is 141 Å². The largest absolute Gasteiger partial charge is 0.341 e. The van der Waals surface area contributed by atoms with E-state index in [0.717, 1.165) is 0 Å². The van der Waals surface area contributed by atoms with Gasteiger partial charge in [-0.05, 0) is 0 Å². The molecule has 6 N–H and O–H groups in total. The van der Waals surface area contributed by atoms with Gasteiger partial charge in [-0.2, -0.15) is 0 Å². The Hall–Kier alpha value is 0.260. The molecule has 0 bridgehead atoms. The van der Waals surface area contributed by atoms with E-state index in [9.17, 15) is 9.13 Å². The summed E-state index contributed by atoms with van der Waals surface area (Å²) < 4.78 is 20.7. The third-order valence-electron chi connectivity index (χ3n) is 0.987. The summed E-state index contributed by atoms with van der Waals surface area (Å²) >= 11 is 0. The molecule has 0 saturated carbocycles. The van der Waals surface area contributed by atoms with Crippen molar-refractivity contribution < 1.29 is 28.7 Å². The zero-order valence-corrected chi connectivity index (χ0v) is 7.15. The third-order valence-corrected chi connectivity index (χ3v) is 4.77. The second-order valence-electron chi connectivity index (χ2n) is 1.89. The van der Waals surface area contributed by atoms with Crippen LogP contribution in [0.15, 0.2) is 0 Å². The number of nitrogens with two attached hydrogens (primary N) is 1. The average molecular weight is 221 g/mol. The zero-order valence-electron chi connectivity index (χ0n) is 5.36. The molecule has 0 radical (unpaired) electrons. The average Bonchev–Trinajstić information content (AvgIpc) is 1.56. The van der Waals surface area contributed by atoms with Crippen LogP contribution in [0.25, 0.3) is 0 Å². The minimum absolute atomic E-state index is 0. The van der Waals surface area contributed by atoms with Crippen LogP contribution in [0.3, 0.4) is 0 Å². The van der Waals surface area contributed by atoms with Crippen LogP contribution in [0.4, 0.5) is 0 Å². The van der Waals surface area contributed by atoms with Gasteiger partial charge in [-0.25, -0.2) is 0 Å². The number of hydrogen-bond acceptors (Lipinski definition) is 3. The molecular formula is C3H13NO6P2. The highest BCUT2D eigenvalue weighted by Crippen LogP contribution is 2.59. The summed E-state index contributed by atoms with van der Waals surface area (Å²) in [5, 5.41) is -2.07. The smallest absolute Gasteiger partial charge is 0.329 e. The standard InChI is InChI=1S/C2H9NO6P2.CH4/c3-1-2(10(4,5)6)11(7,8)9;/h2H,1,3H2,(H2,4,5,6)(H2,7,8,9);1H4. The van der Waals surface area contributed by atoms with E-state index in [2.05, 4.69) is 0 Å². The lowest BCUT2D eigenvalue weighted by Crippen LogP contribution is -2.20. The second kappa shape index (κ2) is 4.48. The Kier molecular flexibility index (Phi) is 5.52. The molecule has 0 spiro atoms. The monoisotopic (exact) mass is 221 g/mol. The summed E-state index contributed by atoms with van der Waals surface area (Å²) in [7, 11) is -9.57. The van der Waals surface area contributed by atoms with Crippen LogP contribution in [0, 0.1) is 0 Å². The van der Waals surface area contributed by atoms with Crippen LogP contribution in [0.5, 0.6) is 0 Å². The van der Waals surface area contributed by atoms with Gasteiger partial charge in [0.1, 0.15) is 0 Å². The minimum Gasteiger partial charge on any atom is -0.329 e. The van der Waals surface area contributed by atoms with Gasteiger partial charge in [-0.1, -0.05) is 7.43 Å². The fraction of sp³-hybridized carbons (Fsp3) is 1.00. The molecule has 0 aliphatic rings. The summed E-state index contributed by atoms with van der Waals surface area (Å²) in [6.45, 7) is -0.742. The van der Waals surface area contributed by atoms with Crippen molar-refractivity contribution in [2.75, 3.05) is 6.54 Å². The van der Waals surface area contributed by atoms with Gasteiger partial charge in [0.15, 0.2) is 5.40 Å². The maximum atomic E-state index is 10.3. The molecule has 0 heterocycles. The van der Waals surface area contributed by atoms with E-state index < -0.39 is 27.1 Å². The van der Waals surface area contributed by atoms with Crippen LogP contribution in [-0.4, -0.2) is 31.5 Å². The molecule has 0 aliphatic carbocycles. The highest BCUT2D eigenvalue weighted by molar-refractivity contribution is 7.70. The van der Waals surface area contributed by atoms with E-state index in [1.165, 1.54) is 0 Å². The maximum Gasteiger partial charge on any atom is 0.341 e. The fourth-order valence-electron chi connectivity index (χ4n) is 0.471.